The molecule has 0 saturated heterocycles. The number of rotatable bonds is 5. The van der Waals surface area contributed by atoms with Crippen molar-refractivity contribution in [2.24, 2.45) is 0 Å². The van der Waals surface area contributed by atoms with Crippen molar-refractivity contribution in [3.05, 3.63) is 70.7 Å². The summed E-state index contributed by atoms with van der Waals surface area (Å²) < 4.78 is 0. The molecule has 1 N–H and O–H groups in total. The molecule has 0 bridgehead atoms. The highest BCUT2D eigenvalue weighted by molar-refractivity contribution is 6.30. The summed E-state index contributed by atoms with van der Waals surface area (Å²) in [5, 5.41) is 9.55. The van der Waals surface area contributed by atoms with E-state index in [2.05, 4.69) is 0 Å². The lowest BCUT2D eigenvalue weighted by Crippen LogP contribution is -2.16. The number of carboxylic acid groups (broad SMARTS) is 1. The monoisotopic (exact) mass is 288 g/mol. The molecule has 3 nitrogen and oxygen atoms in total. The minimum Gasteiger partial charge on any atom is -0.481 e. The lowest BCUT2D eigenvalue weighted by Gasteiger charge is -2.14. The van der Waals surface area contributed by atoms with Crippen LogP contribution in [0.4, 0.5) is 0 Å². The second-order valence-corrected chi connectivity index (χ2v) is 4.87. The predicted octanol–water partition coefficient (Wildman–Crippen LogP) is 3.78. The number of carbonyl (C=O) groups excluding carboxylic acids is 1. The molecule has 1 atom stereocenters. The van der Waals surface area contributed by atoms with Gasteiger partial charge in [-0.25, -0.2) is 0 Å². The van der Waals surface area contributed by atoms with E-state index < -0.39 is 11.9 Å². The second-order valence-electron chi connectivity index (χ2n) is 4.43. The quantitative estimate of drug-likeness (QED) is 0.852. The third-order valence-corrected chi connectivity index (χ3v) is 3.28. The predicted molar refractivity (Wildman–Crippen MR) is 77.2 cm³/mol. The number of hydrogen-bond donors (Lipinski definition) is 1. The van der Waals surface area contributed by atoms with Gasteiger partial charge in [0.2, 0.25) is 0 Å². The Labute approximate surface area is 121 Å². The van der Waals surface area contributed by atoms with Crippen molar-refractivity contribution in [3.63, 3.8) is 0 Å². The first-order valence-corrected chi connectivity index (χ1v) is 6.52. The summed E-state index contributed by atoms with van der Waals surface area (Å²) in [5.74, 6) is -1.90. The Morgan fingerprint density at radius 1 is 1.00 bits per heavy atom. The van der Waals surface area contributed by atoms with Gasteiger partial charge in [0.05, 0.1) is 12.3 Å². The number of halogens is 1. The van der Waals surface area contributed by atoms with Gasteiger partial charge in [-0.05, 0) is 29.8 Å². The highest BCUT2D eigenvalue weighted by atomic mass is 35.5. The molecule has 0 saturated carbocycles. The molecule has 0 fully saturated rings. The van der Waals surface area contributed by atoms with Crippen LogP contribution in [-0.2, 0) is 4.79 Å². The van der Waals surface area contributed by atoms with E-state index in [0.29, 0.717) is 16.1 Å². The Kier molecular flexibility index (Phi) is 4.53. The van der Waals surface area contributed by atoms with Crippen LogP contribution in [0.5, 0.6) is 0 Å². The van der Waals surface area contributed by atoms with Crippen molar-refractivity contribution in [2.75, 3.05) is 0 Å². The van der Waals surface area contributed by atoms with Crippen molar-refractivity contribution in [1.82, 2.24) is 0 Å². The van der Waals surface area contributed by atoms with Crippen LogP contribution in [0.2, 0.25) is 5.02 Å². The molecular formula is C16H13ClO3. The Bertz CT molecular complexity index is 605. The van der Waals surface area contributed by atoms with Crippen molar-refractivity contribution < 1.29 is 14.7 Å². The fraction of sp³-hybridized carbons (Fsp3) is 0.125. The van der Waals surface area contributed by atoms with Gasteiger partial charge in [-0.2, -0.15) is 0 Å². The van der Waals surface area contributed by atoms with Crippen molar-refractivity contribution in [3.8, 4) is 0 Å². The zero-order valence-corrected chi connectivity index (χ0v) is 11.4. The van der Waals surface area contributed by atoms with E-state index >= 15 is 0 Å². The Morgan fingerprint density at radius 3 is 2.15 bits per heavy atom. The van der Waals surface area contributed by atoms with Crippen LogP contribution in [0.1, 0.15) is 28.3 Å². The maximum atomic E-state index is 12.5. The van der Waals surface area contributed by atoms with E-state index in [9.17, 15) is 9.59 Å². The van der Waals surface area contributed by atoms with Gasteiger partial charge >= 0.3 is 5.97 Å². The molecule has 0 aliphatic rings. The van der Waals surface area contributed by atoms with Crippen LogP contribution in [0.25, 0.3) is 0 Å². The minimum absolute atomic E-state index is 0.213. The van der Waals surface area contributed by atoms with E-state index in [1.807, 2.05) is 6.07 Å². The molecule has 20 heavy (non-hydrogen) atoms. The Hall–Kier alpha value is -2.13. The Balaban J connectivity index is 2.34. The molecule has 0 heterocycles. The van der Waals surface area contributed by atoms with Crippen LogP contribution < -0.4 is 0 Å². The van der Waals surface area contributed by atoms with Gasteiger partial charge in [-0.1, -0.05) is 41.9 Å². The van der Waals surface area contributed by atoms with Crippen LogP contribution in [-0.4, -0.2) is 16.9 Å². The standard InChI is InChI=1S/C16H13ClO3/c17-13-8-6-12(7-9-13)16(20)14(10-15(18)19)11-4-2-1-3-5-11/h1-9,14H,10H2,(H,18,19)/t14-/m1/s1. The molecule has 0 unspecified atom stereocenters. The highest BCUT2D eigenvalue weighted by Crippen LogP contribution is 2.25. The number of carbonyl (C=O) groups is 2. The van der Waals surface area contributed by atoms with Crippen LogP contribution in [0.15, 0.2) is 54.6 Å². The molecule has 0 spiro atoms. The normalized spacial score (nSPS) is 11.8. The van der Waals surface area contributed by atoms with E-state index in [4.69, 9.17) is 16.7 Å². The third-order valence-electron chi connectivity index (χ3n) is 3.03. The molecule has 0 radical (unpaired) electrons. The molecule has 2 aromatic rings. The van der Waals surface area contributed by atoms with Gasteiger partial charge in [-0.15, -0.1) is 0 Å². The van der Waals surface area contributed by atoms with Crippen LogP contribution in [0, 0.1) is 0 Å². The number of carboxylic acids is 1. The zero-order chi connectivity index (χ0) is 14.5. The first-order chi connectivity index (χ1) is 9.58. The number of ketones is 1. The molecule has 2 rings (SSSR count). The topological polar surface area (TPSA) is 54.4 Å². The average Bonchev–Trinajstić information content (AvgIpc) is 2.45. The lowest BCUT2D eigenvalue weighted by molar-refractivity contribution is -0.137. The zero-order valence-electron chi connectivity index (χ0n) is 10.6. The van der Waals surface area contributed by atoms with Gasteiger partial charge in [0.25, 0.3) is 0 Å². The summed E-state index contributed by atoms with van der Waals surface area (Å²) in [5.41, 5.74) is 1.17. The first-order valence-electron chi connectivity index (χ1n) is 6.14. The summed E-state index contributed by atoms with van der Waals surface area (Å²) in [6, 6.07) is 15.4. The van der Waals surface area contributed by atoms with E-state index in [1.54, 1.807) is 48.5 Å². The smallest absolute Gasteiger partial charge is 0.304 e. The number of benzene rings is 2. The summed E-state index contributed by atoms with van der Waals surface area (Å²) in [7, 11) is 0. The highest BCUT2D eigenvalue weighted by Gasteiger charge is 2.24. The number of hydrogen-bond acceptors (Lipinski definition) is 2. The summed E-state index contributed by atoms with van der Waals surface area (Å²) >= 11 is 5.79. The molecule has 4 heteroatoms. The van der Waals surface area contributed by atoms with Crippen molar-refractivity contribution >= 4 is 23.4 Å². The second kappa shape index (κ2) is 6.35. The molecular weight excluding hydrogens is 276 g/mol. The maximum Gasteiger partial charge on any atom is 0.304 e. The summed E-state index contributed by atoms with van der Waals surface area (Å²) in [6.07, 6.45) is -0.231. The maximum absolute atomic E-state index is 12.5. The van der Waals surface area contributed by atoms with Gasteiger partial charge in [0.1, 0.15) is 0 Å². The van der Waals surface area contributed by atoms with Gasteiger partial charge in [0.15, 0.2) is 5.78 Å². The lowest BCUT2D eigenvalue weighted by atomic mass is 9.88. The fourth-order valence-corrected chi connectivity index (χ4v) is 2.16. The average molecular weight is 289 g/mol. The molecule has 0 aliphatic carbocycles. The summed E-state index contributed by atoms with van der Waals surface area (Å²) in [4.78, 5) is 23.5. The largest absolute Gasteiger partial charge is 0.481 e. The molecule has 0 amide bonds. The number of Topliss-reactive ketones (excluding diaryl/α,β-unsaturated/α-hetero) is 1. The molecule has 0 aromatic heterocycles. The van der Waals surface area contributed by atoms with E-state index in [-0.39, 0.29) is 12.2 Å². The van der Waals surface area contributed by atoms with E-state index in [1.165, 1.54) is 0 Å². The fourth-order valence-electron chi connectivity index (χ4n) is 2.04. The SMILES string of the molecule is O=C(O)C[C@@H](C(=O)c1ccc(Cl)cc1)c1ccccc1. The molecule has 0 aliphatic heterocycles. The van der Waals surface area contributed by atoms with E-state index in [0.717, 1.165) is 0 Å². The minimum atomic E-state index is -0.999. The third kappa shape index (κ3) is 3.45. The van der Waals surface area contributed by atoms with Crippen molar-refractivity contribution in [2.45, 2.75) is 12.3 Å². The first kappa shape index (κ1) is 14.3. The van der Waals surface area contributed by atoms with Gasteiger partial charge < -0.3 is 5.11 Å². The van der Waals surface area contributed by atoms with Crippen LogP contribution in [0.3, 0.4) is 0 Å². The molecule has 102 valence electrons. The Morgan fingerprint density at radius 2 is 1.60 bits per heavy atom. The van der Waals surface area contributed by atoms with Crippen molar-refractivity contribution in [1.29, 1.82) is 0 Å². The van der Waals surface area contributed by atoms with Gasteiger partial charge in [0, 0.05) is 10.6 Å². The van der Waals surface area contributed by atoms with Crippen LogP contribution >= 0.6 is 11.6 Å². The molecule has 2 aromatic carbocycles. The summed E-state index contributed by atoms with van der Waals surface area (Å²) in [6.45, 7) is 0. The number of aliphatic carboxylic acids is 1. The van der Waals surface area contributed by atoms with Gasteiger partial charge in [-0.3, -0.25) is 9.59 Å².